The van der Waals surface area contributed by atoms with Gasteiger partial charge in [-0.2, -0.15) is 5.10 Å². The molecule has 5 aromatic rings. The molecular formula is C38H51N15O7. The molecule has 0 bridgehead atoms. The number of nitrogens with zero attached hydrogens (tertiary/aromatic N) is 11. The van der Waals surface area contributed by atoms with Crippen LogP contribution in [0.25, 0.3) is 11.5 Å². The van der Waals surface area contributed by atoms with Gasteiger partial charge in [-0.15, -0.1) is 20.4 Å². The van der Waals surface area contributed by atoms with E-state index in [4.69, 9.17) is 24.7 Å². The maximum absolute atomic E-state index is 12.6. The zero-order chi connectivity index (χ0) is 43.0. The number of ether oxygens (including phenoxy) is 4. The van der Waals surface area contributed by atoms with Gasteiger partial charge in [0, 0.05) is 79.1 Å². The number of pyridine rings is 2. The van der Waals surface area contributed by atoms with Gasteiger partial charge in [-0.1, -0.05) is 12.1 Å². The molecule has 2 fully saturated rings. The lowest BCUT2D eigenvalue weighted by Crippen LogP contribution is -2.28. The first-order chi connectivity index (χ1) is 28.9. The summed E-state index contributed by atoms with van der Waals surface area (Å²) in [5.74, 6) is 0.480. The molecule has 5 N–H and O–H groups in total. The molecule has 60 heavy (non-hydrogen) atoms. The Balaban J connectivity index is 0.000000197. The van der Waals surface area contributed by atoms with Crippen LogP contribution in [0, 0.1) is 0 Å². The second-order valence-electron chi connectivity index (χ2n) is 13.7. The van der Waals surface area contributed by atoms with Gasteiger partial charge >= 0.3 is 0 Å². The smallest absolute Gasteiger partial charge is 0.290 e. The summed E-state index contributed by atoms with van der Waals surface area (Å²) >= 11 is 0. The highest BCUT2D eigenvalue weighted by Crippen LogP contribution is 2.27. The summed E-state index contributed by atoms with van der Waals surface area (Å²) < 4.78 is 25.7. The van der Waals surface area contributed by atoms with Crippen molar-refractivity contribution in [2.75, 3.05) is 65.4 Å². The van der Waals surface area contributed by atoms with Gasteiger partial charge in [-0.05, 0) is 49.9 Å². The summed E-state index contributed by atoms with van der Waals surface area (Å²) in [6.45, 7) is 3.17. The Kier molecular flexibility index (Phi) is 16.1. The highest BCUT2D eigenvalue weighted by molar-refractivity contribution is 6.06. The van der Waals surface area contributed by atoms with Crippen LogP contribution in [-0.4, -0.2) is 134 Å². The molecule has 5 aromatic heterocycles. The van der Waals surface area contributed by atoms with Crippen LogP contribution < -0.4 is 31.3 Å². The number of hydrogen-bond donors (Lipinski definition) is 4. The normalized spacial score (nSPS) is 14.2. The quantitative estimate of drug-likeness (QED) is 0.0845. The van der Waals surface area contributed by atoms with Gasteiger partial charge in [0.1, 0.15) is 46.8 Å². The minimum atomic E-state index is -0.492. The molecule has 3 amide bonds. The number of methoxy groups -OCH3 is 2. The van der Waals surface area contributed by atoms with Crippen LogP contribution in [0.1, 0.15) is 62.9 Å². The van der Waals surface area contributed by atoms with E-state index in [1.54, 1.807) is 63.8 Å². The summed E-state index contributed by atoms with van der Waals surface area (Å²) in [5, 5.41) is 25.5. The Bertz CT molecular complexity index is 2200. The molecule has 22 nitrogen and oxygen atoms in total. The van der Waals surface area contributed by atoms with Crippen molar-refractivity contribution in [2.24, 2.45) is 24.9 Å². The third kappa shape index (κ3) is 12.6. The number of aryl methyl sites for hydroxylation is 2. The lowest BCUT2D eigenvalue weighted by atomic mass is 10.1. The van der Waals surface area contributed by atoms with Gasteiger partial charge in [0.15, 0.2) is 5.82 Å². The number of nitrogens with one attached hydrogen (secondary N) is 3. The predicted octanol–water partition coefficient (Wildman–Crippen LogP) is 2.12. The van der Waals surface area contributed by atoms with Crippen molar-refractivity contribution < 1.29 is 33.3 Å². The lowest BCUT2D eigenvalue weighted by molar-refractivity contribution is 0.0698. The van der Waals surface area contributed by atoms with E-state index in [0.29, 0.717) is 28.9 Å². The molecule has 320 valence electrons. The molecule has 0 spiro atoms. The van der Waals surface area contributed by atoms with Crippen LogP contribution in [0.4, 0.5) is 11.6 Å². The van der Waals surface area contributed by atoms with Crippen molar-refractivity contribution in [3.05, 3.63) is 71.9 Å². The van der Waals surface area contributed by atoms with Gasteiger partial charge in [-0.25, -0.2) is 15.4 Å². The van der Waals surface area contributed by atoms with E-state index in [1.165, 1.54) is 42.2 Å². The number of hydrogen-bond acceptors (Lipinski definition) is 15. The van der Waals surface area contributed by atoms with Crippen molar-refractivity contribution in [3.8, 4) is 23.3 Å². The van der Waals surface area contributed by atoms with Crippen LogP contribution in [0.15, 0.2) is 60.2 Å². The van der Waals surface area contributed by atoms with E-state index in [-0.39, 0.29) is 40.8 Å². The number of amides is 3. The van der Waals surface area contributed by atoms with Gasteiger partial charge < -0.3 is 44.8 Å². The molecule has 22 heteroatoms. The Morgan fingerprint density at radius 1 is 0.817 bits per heavy atom. The van der Waals surface area contributed by atoms with Crippen LogP contribution in [-0.2, 0) is 23.6 Å². The fourth-order valence-corrected chi connectivity index (χ4v) is 5.81. The first kappa shape index (κ1) is 44.3. The number of anilines is 2. The zero-order valence-electron chi connectivity index (χ0n) is 34.4. The Morgan fingerprint density at radius 3 is 1.90 bits per heavy atom. The number of carbonyl (C=O) groups excluding carboxylic acids is 3. The van der Waals surface area contributed by atoms with Crippen LogP contribution in [0.2, 0.25) is 0 Å². The summed E-state index contributed by atoms with van der Waals surface area (Å²) in [5.41, 5.74) is 9.25. The van der Waals surface area contributed by atoms with Crippen LogP contribution in [0.5, 0.6) is 11.8 Å². The molecule has 2 aliphatic rings. The Hall–Kier alpha value is -6.78. The van der Waals surface area contributed by atoms with E-state index in [1.807, 2.05) is 16.7 Å². The average Bonchev–Trinajstić information content (AvgIpc) is 4.00. The molecule has 0 atom stereocenters. The summed E-state index contributed by atoms with van der Waals surface area (Å²) in [6, 6.07) is 10.8. The van der Waals surface area contributed by atoms with Gasteiger partial charge in [-0.3, -0.25) is 23.7 Å². The summed E-state index contributed by atoms with van der Waals surface area (Å²) in [7, 11) is 9.85. The summed E-state index contributed by atoms with van der Waals surface area (Å²) in [6.07, 6.45) is 10.2. The minimum absolute atomic E-state index is 0.117. The molecule has 7 rings (SSSR count). The first-order valence-corrected chi connectivity index (χ1v) is 19.0. The van der Waals surface area contributed by atoms with Gasteiger partial charge in [0.05, 0.1) is 14.2 Å². The third-order valence-electron chi connectivity index (χ3n) is 8.79. The van der Waals surface area contributed by atoms with E-state index in [0.717, 1.165) is 52.1 Å². The van der Waals surface area contributed by atoms with Crippen molar-refractivity contribution >= 4 is 35.7 Å². The first-order valence-electron chi connectivity index (χ1n) is 19.0. The zero-order valence-corrected chi connectivity index (χ0v) is 34.4. The van der Waals surface area contributed by atoms with E-state index < -0.39 is 11.8 Å². The minimum Gasteiger partial charge on any atom is -0.479 e. The van der Waals surface area contributed by atoms with Gasteiger partial charge in [0.2, 0.25) is 11.8 Å². The molecule has 7 heterocycles. The molecule has 2 saturated heterocycles. The average molecular weight is 830 g/mol. The highest BCUT2D eigenvalue weighted by Gasteiger charge is 2.22. The van der Waals surface area contributed by atoms with Crippen molar-refractivity contribution in [3.63, 3.8) is 0 Å². The molecule has 0 aliphatic carbocycles. The maximum Gasteiger partial charge on any atom is 0.290 e. The van der Waals surface area contributed by atoms with E-state index in [2.05, 4.69) is 51.5 Å². The van der Waals surface area contributed by atoms with Crippen molar-refractivity contribution in [1.82, 2.24) is 54.6 Å². The number of hydrazone groups is 1. The second-order valence-corrected chi connectivity index (χ2v) is 13.7. The SMILES string of the molecule is COc1nn(C)cc1C(=O)Nc1cccc(-c2nncn2C2CCOCC2)n1.COc1nn(C)cc1C(=O)Nc1cccc(C(=O)N/N=C\N(C)C)n1.NC1CCOCC1. The highest BCUT2D eigenvalue weighted by atomic mass is 16.5. The standard InChI is InChI=1S/C18H21N7O3.C15H19N7O3.C5H11NO/c1-24-10-13(18(23-24)27-2)17(26)21-15-5-3-4-14(20-15)16-22-19-11-25(16)12-6-8-28-9-7-12;1-21(2)9-16-19-14(24)11-6-5-7-12(17-11)18-13(23)10-8-22(3)20-15(10)25-4;6-5-1-3-7-4-2-5/h3-5,10-12H,6-9H2,1-2H3,(H,20,21,26);5-9H,1-4H3,(H,19,24)(H,17,18,23);5H,1-4,6H2/b;16-9-;. The molecule has 2 aliphatic heterocycles. The number of rotatable bonds is 11. The Labute approximate surface area is 346 Å². The predicted molar refractivity (Wildman–Crippen MR) is 220 cm³/mol. The molecular weight excluding hydrogens is 779 g/mol. The van der Waals surface area contributed by atoms with Crippen LogP contribution >= 0.6 is 0 Å². The summed E-state index contributed by atoms with van der Waals surface area (Å²) in [4.78, 5) is 47.2. The molecule has 0 radical (unpaired) electrons. The molecule has 0 aromatic carbocycles. The number of nitrogens with two attached hydrogens (primary N) is 1. The van der Waals surface area contributed by atoms with E-state index in [9.17, 15) is 14.4 Å². The monoisotopic (exact) mass is 829 g/mol. The lowest BCUT2D eigenvalue weighted by Gasteiger charge is -2.24. The number of aromatic nitrogens is 9. The van der Waals surface area contributed by atoms with Crippen molar-refractivity contribution in [1.29, 1.82) is 0 Å². The van der Waals surface area contributed by atoms with Crippen LogP contribution in [0.3, 0.4) is 0 Å². The fraction of sp³-hybridized carbons (Fsp3) is 0.421. The van der Waals surface area contributed by atoms with Gasteiger partial charge in [0.25, 0.3) is 17.7 Å². The fourth-order valence-electron chi connectivity index (χ4n) is 5.81. The molecule has 0 unspecified atom stereocenters. The Morgan fingerprint density at radius 2 is 1.37 bits per heavy atom. The third-order valence-corrected chi connectivity index (χ3v) is 8.79. The topological polar surface area (TPSA) is 258 Å². The molecule has 0 saturated carbocycles. The largest absolute Gasteiger partial charge is 0.479 e. The number of carbonyl (C=O) groups is 3. The maximum atomic E-state index is 12.6. The van der Waals surface area contributed by atoms with E-state index >= 15 is 0 Å². The second kappa shape index (κ2) is 21.8. The van der Waals surface area contributed by atoms with Crippen molar-refractivity contribution in [2.45, 2.75) is 37.8 Å².